The molecule has 0 unspecified atom stereocenters. The van der Waals surface area contributed by atoms with Crippen molar-refractivity contribution in [1.82, 2.24) is 25.5 Å². The Morgan fingerprint density at radius 2 is 1.93 bits per heavy atom. The molecule has 7 nitrogen and oxygen atoms in total. The third-order valence-corrected chi connectivity index (χ3v) is 4.74. The number of carbonyl (C=O) groups excluding carboxylic acids is 1. The summed E-state index contributed by atoms with van der Waals surface area (Å²) in [5.41, 5.74) is 2.23. The van der Waals surface area contributed by atoms with E-state index in [1.165, 1.54) is 5.52 Å². The van der Waals surface area contributed by atoms with Crippen LogP contribution in [0.25, 0.3) is 11.0 Å². The normalized spacial score (nSPS) is 13.9. The zero-order chi connectivity index (χ0) is 19.1. The van der Waals surface area contributed by atoms with Crippen molar-refractivity contribution in [2.24, 2.45) is 4.99 Å². The molecule has 0 radical (unpaired) electrons. The first-order valence-corrected chi connectivity index (χ1v) is 9.83. The number of nitrogens with one attached hydrogen (secondary N) is 3. The highest BCUT2D eigenvalue weighted by Crippen LogP contribution is 2.18. The third-order valence-electron chi connectivity index (χ3n) is 4.74. The third kappa shape index (κ3) is 6.65. The molecule has 1 aromatic heterocycles. The Bertz CT molecular complexity index is 799. The highest BCUT2D eigenvalue weighted by atomic mass is 127. The smallest absolute Gasteiger partial charge is 0.220 e. The number of halogens is 1. The molecule has 154 valence electrons. The second-order valence-corrected chi connectivity index (χ2v) is 7.02. The number of para-hydroxylation sites is 2. The summed E-state index contributed by atoms with van der Waals surface area (Å²) < 4.78 is 2.26. The van der Waals surface area contributed by atoms with Crippen LogP contribution in [0.4, 0.5) is 0 Å². The monoisotopic (exact) mass is 498 g/mol. The number of fused-ring (bicyclic) bond motifs is 1. The highest BCUT2D eigenvalue weighted by molar-refractivity contribution is 14.0. The zero-order valence-corrected chi connectivity index (χ0v) is 19.0. The fraction of sp³-hybridized carbons (Fsp3) is 0.550. The summed E-state index contributed by atoms with van der Waals surface area (Å²) in [6.07, 6.45) is 4.61. The van der Waals surface area contributed by atoms with Crippen LogP contribution in [0.1, 0.15) is 37.9 Å². The maximum absolute atomic E-state index is 11.7. The van der Waals surface area contributed by atoms with Crippen LogP contribution in [0.3, 0.4) is 0 Å². The van der Waals surface area contributed by atoms with Crippen molar-refractivity contribution in [2.45, 2.75) is 51.6 Å². The molecule has 0 atom stereocenters. The van der Waals surface area contributed by atoms with E-state index in [-0.39, 0.29) is 29.9 Å². The molecule has 1 amide bonds. The van der Waals surface area contributed by atoms with Gasteiger partial charge >= 0.3 is 0 Å². The number of hydrogen-bond acceptors (Lipinski definition) is 3. The van der Waals surface area contributed by atoms with E-state index in [9.17, 15) is 4.79 Å². The van der Waals surface area contributed by atoms with Crippen LogP contribution in [0, 0.1) is 6.92 Å². The summed E-state index contributed by atoms with van der Waals surface area (Å²) in [6, 6.07) is 8.67. The fourth-order valence-electron chi connectivity index (χ4n) is 3.13. The molecule has 0 spiro atoms. The van der Waals surface area contributed by atoms with Crippen LogP contribution in [0.15, 0.2) is 29.3 Å². The number of aromatic nitrogens is 2. The molecule has 28 heavy (non-hydrogen) atoms. The lowest BCUT2D eigenvalue weighted by atomic mass is 10.3. The maximum atomic E-state index is 11.7. The van der Waals surface area contributed by atoms with Gasteiger partial charge < -0.3 is 20.5 Å². The Morgan fingerprint density at radius 3 is 2.64 bits per heavy atom. The molecule has 0 aliphatic heterocycles. The van der Waals surface area contributed by atoms with Gasteiger partial charge in [-0.3, -0.25) is 9.79 Å². The average molecular weight is 498 g/mol. The Morgan fingerprint density at radius 1 is 1.21 bits per heavy atom. The van der Waals surface area contributed by atoms with Crippen LogP contribution in [0.2, 0.25) is 0 Å². The van der Waals surface area contributed by atoms with Gasteiger partial charge in [-0.25, -0.2) is 4.98 Å². The standard InChI is InChI=1S/C20H30N6O.HI/c1-15-24-17-7-3-4-8-18(17)26(15)14-6-13-23-20(21-2)22-12-5-9-19(27)25-16-10-11-16;/h3-4,7-8,16H,5-6,9-14H2,1-2H3,(H,25,27)(H2,21,22,23);1H. The van der Waals surface area contributed by atoms with E-state index in [1.54, 1.807) is 7.05 Å². The molecule has 1 aliphatic carbocycles. The van der Waals surface area contributed by atoms with E-state index in [2.05, 4.69) is 42.6 Å². The number of imidazole rings is 1. The summed E-state index contributed by atoms with van der Waals surface area (Å²) in [5.74, 6) is 1.98. The zero-order valence-electron chi connectivity index (χ0n) is 16.7. The van der Waals surface area contributed by atoms with E-state index in [0.717, 1.165) is 62.6 Å². The second kappa shape index (κ2) is 11.2. The van der Waals surface area contributed by atoms with Crippen molar-refractivity contribution in [3.05, 3.63) is 30.1 Å². The van der Waals surface area contributed by atoms with Gasteiger partial charge in [-0.1, -0.05) is 12.1 Å². The molecule has 0 bridgehead atoms. The predicted octanol–water partition coefficient (Wildman–Crippen LogP) is 2.58. The van der Waals surface area contributed by atoms with Crippen molar-refractivity contribution < 1.29 is 4.79 Å². The summed E-state index contributed by atoms with van der Waals surface area (Å²) in [4.78, 5) is 20.5. The number of nitrogens with zero attached hydrogens (tertiary/aromatic N) is 3. The molecule has 3 N–H and O–H groups in total. The van der Waals surface area contributed by atoms with E-state index >= 15 is 0 Å². The SMILES string of the molecule is CN=C(NCCCC(=O)NC1CC1)NCCCn1c(C)nc2ccccc21.I. The predicted molar refractivity (Wildman–Crippen MR) is 124 cm³/mol. The van der Waals surface area contributed by atoms with Crippen LogP contribution < -0.4 is 16.0 Å². The number of rotatable bonds is 9. The Hall–Kier alpha value is -1.84. The molecule has 0 saturated heterocycles. The number of amides is 1. The molecule has 1 heterocycles. The van der Waals surface area contributed by atoms with Gasteiger partial charge in [0.25, 0.3) is 0 Å². The number of carbonyl (C=O) groups is 1. The van der Waals surface area contributed by atoms with Crippen molar-refractivity contribution in [3.63, 3.8) is 0 Å². The summed E-state index contributed by atoms with van der Waals surface area (Å²) in [7, 11) is 1.77. The van der Waals surface area contributed by atoms with Crippen molar-refractivity contribution in [3.8, 4) is 0 Å². The molecule has 3 rings (SSSR count). The fourth-order valence-corrected chi connectivity index (χ4v) is 3.13. The molecular weight excluding hydrogens is 467 g/mol. The largest absolute Gasteiger partial charge is 0.356 e. The lowest BCUT2D eigenvalue weighted by molar-refractivity contribution is -0.121. The maximum Gasteiger partial charge on any atom is 0.220 e. The number of guanidine groups is 1. The Kier molecular flexibility index (Phi) is 9.01. The minimum atomic E-state index is 0. The van der Waals surface area contributed by atoms with Gasteiger partial charge in [-0.2, -0.15) is 0 Å². The summed E-state index contributed by atoms with van der Waals surface area (Å²) in [6.45, 7) is 4.53. The van der Waals surface area contributed by atoms with E-state index in [0.29, 0.717) is 12.5 Å². The van der Waals surface area contributed by atoms with Gasteiger partial charge in [0.2, 0.25) is 5.91 Å². The number of aryl methyl sites for hydroxylation is 2. The topological polar surface area (TPSA) is 83.3 Å². The number of benzene rings is 1. The number of aliphatic imine (C=N–C) groups is 1. The quantitative estimate of drug-likeness (QED) is 0.215. The lowest BCUT2D eigenvalue weighted by Gasteiger charge is -2.12. The van der Waals surface area contributed by atoms with Crippen LogP contribution in [0.5, 0.6) is 0 Å². The van der Waals surface area contributed by atoms with Crippen LogP contribution >= 0.6 is 24.0 Å². The van der Waals surface area contributed by atoms with Gasteiger partial charge in [0.1, 0.15) is 5.82 Å². The van der Waals surface area contributed by atoms with Crippen molar-refractivity contribution in [1.29, 1.82) is 0 Å². The van der Waals surface area contributed by atoms with E-state index < -0.39 is 0 Å². The van der Waals surface area contributed by atoms with Gasteiger partial charge in [0.05, 0.1) is 11.0 Å². The van der Waals surface area contributed by atoms with Gasteiger partial charge in [0.15, 0.2) is 5.96 Å². The molecule has 2 aromatic rings. The highest BCUT2D eigenvalue weighted by Gasteiger charge is 2.22. The molecule has 1 fully saturated rings. The van der Waals surface area contributed by atoms with Crippen molar-refractivity contribution >= 4 is 46.9 Å². The molecular formula is C20H31IN6O. The first-order valence-electron chi connectivity index (χ1n) is 9.83. The summed E-state index contributed by atoms with van der Waals surface area (Å²) in [5, 5.41) is 9.61. The first-order chi connectivity index (χ1) is 13.2. The average Bonchev–Trinajstić information content (AvgIpc) is 3.42. The Labute approximate surface area is 183 Å². The van der Waals surface area contributed by atoms with Crippen LogP contribution in [-0.4, -0.2) is 47.6 Å². The van der Waals surface area contributed by atoms with Gasteiger partial charge in [-0.15, -0.1) is 24.0 Å². The second-order valence-electron chi connectivity index (χ2n) is 7.02. The van der Waals surface area contributed by atoms with Gasteiger partial charge in [0, 0.05) is 39.1 Å². The molecule has 1 aliphatic rings. The lowest BCUT2D eigenvalue weighted by Crippen LogP contribution is -2.38. The minimum absolute atomic E-state index is 0. The molecule has 1 aromatic carbocycles. The van der Waals surface area contributed by atoms with Crippen LogP contribution in [-0.2, 0) is 11.3 Å². The van der Waals surface area contributed by atoms with Gasteiger partial charge in [-0.05, 0) is 44.7 Å². The first kappa shape index (κ1) is 22.4. The van der Waals surface area contributed by atoms with E-state index in [4.69, 9.17) is 0 Å². The number of hydrogen-bond donors (Lipinski definition) is 3. The molecule has 8 heteroatoms. The van der Waals surface area contributed by atoms with Crippen molar-refractivity contribution in [2.75, 3.05) is 20.1 Å². The summed E-state index contributed by atoms with van der Waals surface area (Å²) >= 11 is 0. The van der Waals surface area contributed by atoms with E-state index in [1.807, 2.05) is 19.1 Å². The molecule has 1 saturated carbocycles. The Balaban J connectivity index is 0.00000280. The minimum Gasteiger partial charge on any atom is -0.356 e.